The molecule has 0 aliphatic heterocycles. The van der Waals surface area contributed by atoms with E-state index >= 15 is 0 Å². The van der Waals surface area contributed by atoms with E-state index in [-0.39, 0.29) is 0 Å². The zero-order chi connectivity index (χ0) is 7.68. The van der Waals surface area contributed by atoms with Crippen molar-refractivity contribution in [1.82, 2.24) is 15.2 Å². The molecule has 1 aromatic heterocycles. The fraction of sp³-hybridized carbons (Fsp3) is 0.143. The van der Waals surface area contributed by atoms with Crippen molar-refractivity contribution in [2.45, 2.75) is 6.42 Å². The molecule has 0 aromatic carbocycles. The minimum Gasteiger partial charge on any atom is -0.233 e. The zero-order valence-corrected chi connectivity index (χ0v) is 6.51. The lowest BCUT2D eigenvalue weighted by atomic mass is 10.1. The maximum Gasteiger partial charge on any atom is 0.138 e. The highest BCUT2D eigenvalue weighted by atomic mass is 32.1. The maximum atomic E-state index is 5.00. The maximum absolute atomic E-state index is 5.00. The predicted molar refractivity (Wildman–Crippen MR) is 45.2 cm³/mol. The van der Waals surface area contributed by atoms with Crippen molar-refractivity contribution in [3.8, 4) is 0 Å². The predicted octanol–water partition coefficient (Wildman–Crippen LogP) is 0.811. The second kappa shape index (κ2) is 2.47. The minimum atomic E-state index is 0.696. The van der Waals surface area contributed by atoms with Gasteiger partial charge in [0, 0.05) is 11.3 Å². The molecular formula is C7H5N3S. The molecule has 2 rings (SSSR count). The number of nitrogens with zero attached hydrogens (tertiary/aromatic N) is 3. The van der Waals surface area contributed by atoms with Gasteiger partial charge in [0.05, 0.1) is 11.4 Å². The van der Waals surface area contributed by atoms with Crippen LogP contribution in [0.15, 0.2) is 12.4 Å². The van der Waals surface area contributed by atoms with Gasteiger partial charge in [-0.15, -0.1) is 5.10 Å². The van der Waals surface area contributed by atoms with Crippen LogP contribution in [0.2, 0.25) is 0 Å². The molecule has 0 atom stereocenters. The molecule has 3 nitrogen and oxygen atoms in total. The lowest BCUT2D eigenvalue weighted by molar-refractivity contribution is 0.900. The highest BCUT2D eigenvalue weighted by molar-refractivity contribution is 7.80. The van der Waals surface area contributed by atoms with E-state index in [1.807, 2.05) is 12.2 Å². The first-order chi connectivity index (χ1) is 5.36. The van der Waals surface area contributed by atoms with E-state index in [9.17, 15) is 0 Å². The number of allylic oxidation sites excluding steroid dienone is 1. The second-order valence-electron chi connectivity index (χ2n) is 2.27. The molecule has 1 aromatic rings. The van der Waals surface area contributed by atoms with Crippen LogP contribution in [0.4, 0.5) is 0 Å². The van der Waals surface area contributed by atoms with Crippen LogP contribution >= 0.6 is 12.2 Å². The molecule has 0 saturated carbocycles. The van der Waals surface area contributed by atoms with Crippen LogP contribution in [0.1, 0.15) is 11.4 Å². The summed E-state index contributed by atoms with van der Waals surface area (Å²) in [5.41, 5.74) is 1.76. The molecule has 1 heterocycles. The van der Waals surface area contributed by atoms with Gasteiger partial charge in [0.25, 0.3) is 0 Å². The summed E-state index contributed by atoms with van der Waals surface area (Å²) in [6, 6.07) is 0. The number of fused-ring (bicyclic) bond motifs is 1. The lowest BCUT2D eigenvalue weighted by Crippen LogP contribution is -2.08. The van der Waals surface area contributed by atoms with Gasteiger partial charge < -0.3 is 0 Å². The molecule has 1 aliphatic rings. The van der Waals surface area contributed by atoms with Crippen molar-refractivity contribution in [2.24, 2.45) is 0 Å². The highest BCUT2D eigenvalue weighted by Crippen LogP contribution is 2.10. The Labute approximate surface area is 69.2 Å². The third-order valence-corrected chi connectivity index (χ3v) is 1.77. The first kappa shape index (κ1) is 6.54. The smallest absolute Gasteiger partial charge is 0.138 e. The Bertz CT molecular complexity index is 332. The average molecular weight is 163 g/mol. The summed E-state index contributed by atoms with van der Waals surface area (Å²) in [6.07, 6.45) is 5.89. The van der Waals surface area contributed by atoms with Crippen LogP contribution in [0.25, 0.3) is 6.08 Å². The summed E-state index contributed by atoms with van der Waals surface area (Å²) < 4.78 is 0. The number of hydrogen-bond donors (Lipinski definition) is 0. The quantitative estimate of drug-likeness (QED) is 0.530. The van der Waals surface area contributed by atoms with Gasteiger partial charge in [-0.2, -0.15) is 5.10 Å². The number of thiocarbonyl (C=S) groups is 1. The first-order valence-corrected chi connectivity index (χ1v) is 3.64. The number of rotatable bonds is 0. The average Bonchev–Trinajstić information content (AvgIpc) is 2.04. The fourth-order valence-electron chi connectivity index (χ4n) is 0.970. The summed E-state index contributed by atoms with van der Waals surface area (Å²) >= 11 is 5.00. The molecule has 0 bridgehead atoms. The van der Waals surface area contributed by atoms with Crippen LogP contribution in [0.5, 0.6) is 0 Å². The molecule has 0 radical (unpaired) electrons. The van der Waals surface area contributed by atoms with Crippen LogP contribution in [-0.2, 0) is 6.42 Å². The van der Waals surface area contributed by atoms with Gasteiger partial charge in [0.1, 0.15) is 6.33 Å². The molecule has 0 unspecified atom stereocenters. The van der Waals surface area contributed by atoms with Crippen molar-refractivity contribution < 1.29 is 0 Å². The monoisotopic (exact) mass is 163 g/mol. The van der Waals surface area contributed by atoms with Gasteiger partial charge in [0.15, 0.2) is 0 Å². The van der Waals surface area contributed by atoms with Gasteiger partial charge in [-0.1, -0.05) is 12.2 Å². The zero-order valence-electron chi connectivity index (χ0n) is 5.69. The third-order valence-electron chi connectivity index (χ3n) is 1.49. The molecule has 11 heavy (non-hydrogen) atoms. The van der Waals surface area contributed by atoms with Crippen molar-refractivity contribution >= 4 is 23.2 Å². The largest absolute Gasteiger partial charge is 0.233 e. The number of hydrogen-bond acceptors (Lipinski definition) is 4. The van der Waals surface area contributed by atoms with Gasteiger partial charge in [-0.05, 0) is 12.2 Å². The van der Waals surface area contributed by atoms with E-state index in [0.717, 1.165) is 16.3 Å². The van der Waals surface area contributed by atoms with Gasteiger partial charge in [-0.3, -0.25) is 0 Å². The van der Waals surface area contributed by atoms with E-state index in [4.69, 9.17) is 12.2 Å². The second-order valence-corrected chi connectivity index (χ2v) is 2.79. The van der Waals surface area contributed by atoms with E-state index in [1.54, 1.807) is 0 Å². The van der Waals surface area contributed by atoms with Crippen molar-refractivity contribution in [3.05, 3.63) is 23.8 Å². The molecule has 1 aliphatic carbocycles. The highest BCUT2D eigenvalue weighted by Gasteiger charge is 2.09. The third kappa shape index (κ3) is 1.17. The summed E-state index contributed by atoms with van der Waals surface area (Å²) in [7, 11) is 0. The van der Waals surface area contributed by atoms with Gasteiger partial charge in [0.2, 0.25) is 0 Å². The van der Waals surface area contributed by atoms with Crippen molar-refractivity contribution in [3.63, 3.8) is 0 Å². The van der Waals surface area contributed by atoms with Crippen LogP contribution < -0.4 is 0 Å². The molecule has 0 amide bonds. The van der Waals surface area contributed by atoms with E-state index < -0.39 is 0 Å². The van der Waals surface area contributed by atoms with Gasteiger partial charge in [-0.25, -0.2) is 4.98 Å². The molecule has 54 valence electrons. The summed E-state index contributed by atoms with van der Waals surface area (Å²) in [5, 5.41) is 7.60. The molecule has 0 fully saturated rings. The Balaban J connectivity index is 2.54. The Hall–Kier alpha value is -1.16. The Morgan fingerprint density at radius 2 is 2.27 bits per heavy atom. The SMILES string of the molecule is S=C1C=Cc2ncnnc2C1. The fourth-order valence-corrected chi connectivity index (χ4v) is 1.18. The Kier molecular flexibility index (Phi) is 1.47. The molecule has 0 spiro atoms. The van der Waals surface area contributed by atoms with Crippen molar-refractivity contribution in [2.75, 3.05) is 0 Å². The van der Waals surface area contributed by atoms with Crippen molar-refractivity contribution in [1.29, 1.82) is 0 Å². The minimum absolute atomic E-state index is 0.696. The molecule has 0 saturated heterocycles. The van der Waals surface area contributed by atoms with Crippen LogP contribution in [0, 0.1) is 0 Å². The van der Waals surface area contributed by atoms with Crippen LogP contribution in [-0.4, -0.2) is 20.0 Å². The van der Waals surface area contributed by atoms with E-state index in [2.05, 4.69) is 15.2 Å². The molecular weight excluding hydrogens is 158 g/mol. The Morgan fingerprint density at radius 3 is 3.18 bits per heavy atom. The first-order valence-electron chi connectivity index (χ1n) is 3.24. The van der Waals surface area contributed by atoms with Gasteiger partial charge >= 0.3 is 0 Å². The standard InChI is InChI=1S/C7H5N3S/c11-5-1-2-6-7(3-5)10-9-4-8-6/h1-2,4H,3H2. The Morgan fingerprint density at radius 1 is 1.36 bits per heavy atom. The summed E-state index contributed by atoms with van der Waals surface area (Å²) in [4.78, 5) is 4.92. The number of aromatic nitrogens is 3. The van der Waals surface area contributed by atoms with E-state index in [0.29, 0.717) is 6.42 Å². The topological polar surface area (TPSA) is 38.7 Å². The van der Waals surface area contributed by atoms with Crippen LogP contribution in [0.3, 0.4) is 0 Å². The molecule has 0 N–H and O–H groups in total. The van der Waals surface area contributed by atoms with E-state index in [1.165, 1.54) is 6.33 Å². The normalized spacial score (nSPS) is 14.7. The summed E-state index contributed by atoms with van der Waals surface area (Å²) in [5.74, 6) is 0. The summed E-state index contributed by atoms with van der Waals surface area (Å²) in [6.45, 7) is 0. The molecule has 4 heteroatoms. The lowest BCUT2D eigenvalue weighted by Gasteiger charge is -2.05.